The molecule has 1 aliphatic rings. The Kier molecular flexibility index (Phi) is 6.76. The molecule has 8 heteroatoms. The largest absolute Gasteiger partial charge is 0.461 e. The van der Waals surface area contributed by atoms with Gasteiger partial charge in [0.05, 0.1) is 23.7 Å². The van der Waals surface area contributed by atoms with Crippen molar-refractivity contribution in [2.45, 2.75) is 38.2 Å². The average molecular weight is 446 g/mol. The minimum atomic E-state index is -0.482. The number of aromatic nitrogens is 3. The third kappa shape index (κ3) is 5.89. The van der Waals surface area contributed by atoms with E-state index < -0.39 is 5.28 Å². The number of aryl methyl sites for hydroxylation is 1. The third-order valence-electron chi connectivity index (χ3n) is 4.98. The van der Waals surface area contributed by atoms with Gasteiger partial charge < -0.3 is 4.74 Å². The summed E-state index contributed by atoms with van der Waals surface area (Å²) >= 11 is 0. The molecule has 2 unspecified atom stereocenters. The quantitative estimate of drug-likeness (QED) is 0.317. The summed E-state index contributed by atoms with van der Waals surface area (Å²) in [6.45, 7) is 2.99. The van der Waals surface area contributed by atoms with Crippen molar-refractivity contribution in [1.82, 2.24) is 10.2 Å². The van der Waals surface area contributed by atoms with Gasteiger partial charge in [0.1, 0.15) is 18.4 Å². The van der Waals surface area contributed by atoms with Crippen LogP contribution in [-0.2, 0) is 22.7 Å². The Morgan fingerprint density at radius 2 is 1.91 bits per heavy atom. The van der Waals surface area contributed by atoms with Crippen LogP contribution in [0.5, 0.6) is 0 Å². The SMILES string of the molecule is CC1(P)C=c2nnc(-c3cc[n+](CCCC(=O)OCc4ccccc4)cc3)cc2=CN=N1. The van der Waals surface area contributed by atoms with Crippen molar-refractivity contribution in [2.24, 2.45) is 10.2 Å². The zero-order chi connectivity index (χ0) is 22.4. The highest BCUT2D eigenvalue weighted by Gasteiger charge is 2.15. The molecule has 4 rings (SSSR count). The van der Waals surface area contributed by atoms with Crippen molar-refractivity contribution in [3.63, 3.8) is 0 Å². The van der Waals surface area contributed by atoms with E-state index in [1.807, 2.05) is 78.5 Å². The third-order valence-corrected chi connectivity index (χ3v) is 5.26. The molecule has 3 heterocycles. The van der Waals surface area contributed by atoms with E-state index in [1.165, 1.54) is 0 Å². The van der Waals surface area contributed by atoms with E-state index in [4.69, 9.17) is 4.74 Å². The first-order chi connectivity index (χ1) is 15.5. The van der Waals surface area contributed by atoms with Crippen molar-refractivity contribution >= 4 is 27.5 Å². The summed E-state index contributed by atoms with van der Waals surface area (Å²) in [5.41, 5.74) is 2.72. The van der Waals surface area contributed by atoms with Crippen LogP contribution in [0.15, 0.2) is 71.2 Å². The molecule has 7 nitrogen and oxygen atoms in total. The zero-order valence-corrected chi connectivity index (χ0v) is 19.0. The Morgan fingerprint density at radius 1 is 1.12 bits per heavy atom. The number of pyridine rings is 1. The molecule has 0 bridgehead atoms. The standard InChI is InChI=1S/C24H25N5O2P/c1-24(32)15-22-20(16-25-28-24)14-21(26-27-22)19-9-12-29(13-10-19)11-5-8-23(30)31-17-18-6-3-2-4-7-18/h2-4,6-7,9-10,12-16H,5,8,11,17,32H2,1H3/q+1. The summed E-state index contributed by atoms with van der Waals surface area (Å²) < 4.78 is 7.37. The second-order valence-electron chi connectivity index (χ2n) is 7.86. The first kappa shape index (κ1) is 21.9. The van der Waals surface area contributed by atoms with E-state index in [9.17, 15) is 4.79 Å². The second kappa shape index (κ2) is 9.88. The molecule has 2 aromatic heterocycles. The Labute approximate surface area is 188 Å². The molecule has 0 saturated heterocycles. The Balaban J connectivity index is 1.33. The van der Waals surface area contributed by atoms with Gasteiger partial charge in [-0.25, -0.2) is 4.57 Å². The van der Waals surface area contributed by atoms with E-state index in [0.717, 1.165) is 33.9 Å². The lowest BCUT2D eigenvalue weighted by Crippen LogP contribution is -2.33. The fourth-order valence-corrected chi connectivity index (χ4v) is 3.51. The predicted octanol–water partition coefficient (Wildman–Crippen LogP) is 2.53. The van der Waals surface area contributed by atoms with Crippen LogP contribution in [-0.4, -0.2) is 21.4 Å². The van der Waals surface area contributed by atoms with Gasteiger partial charge in [-0.1, -0.05) is 30.3 Å². The molecular weight excluding hydrogens is 421 g/mol. The molecule has 2 atom stereocenters. The van der Waals surface area contributed by atoms with Crippen molar-refractivity contribution in [1.29, 1.82) is 0 Å². The van der Waals surface area contributed by atoms with Crippen LogP contribution < -0.4 is 15.1 Å². The molecule has 0 amide bonds. The first-order valence-electron chi connectivity index (χ1n) is 10.5. The molecule has 0 N–H and O–H groups in total. The average Bonchev–Trinajstić information content (AvgIpc) is 2.95. The van der Waals surface area contributed by atoms with Gasteiger partial charge in [-0.05, 0) is 24.6 Å². The minimum absolute atomic E-state index is 0.182. The van der Waals surface area contributed by atoms with Crippen molar-refractivity contribution in [3.8, 4) is 11.3 Å². The van der Waals surface area contributed by atoms with Crippen LogP contribution in [0, 0.1) is 0 Å². The normalized spacial score (nSPS) is 16.9. The number of carbonyl (C=O) groups excluding carboxylic acids is 1. The van der Waals surface area contributed by atoms with Gasteiger partial charge in [0.2, 0.25) is 0 Å². The zero-order valence-electron chi connectivity index (χ0n) is 17.9. The minimum Gasteiger partial charge on any atom is -0.461 e. The highest BCUT2D eigenvalue weighted by atomic mass is 31.0. The van der Waals surface area contributed by atoms with Gasteiger partial charge in [-0.2, -0.15) is 15.3 Å². The topological polar surface area (TPSA) is 80.7 Å². The maximum atomic E-state index is 12.0. The molecule has 0 aliphatic carbocycles. The monoisotopic (exact) mass is 446 g/mol. The lowest BCUT2D eigenvalue weighted by Gasteiger charge is -2.09. The number of carbonyl (C=O) groups is 1. The van der Waals surface area contributed by atoms with Crippen molar-refractivity contribution in [3.05, 3.63) is 77.1 Å². The van der Waals surface area contributed by atoms with E-state index in [0.29, 0.717) is 19.4 Å². The molecule has 0 radical (unpaired) electrons. The van der Waals surface area contributed by atoms with Crippen LogP contribution in [0.25, 0.3) is 23.5 Å². The summed E-state index contributed by atoms with van der Waals surface area (Å²) in [5.74, 6) is -0.182. The smallest absolute Gasteiger partial charge is 0.306 e. The summed E-state index contributed by atoms with van der Waals surface area (Å²) in [7, 11) is 2.65. The number of hydrogen-bond acceptors (Lipinski definition) is 6. The molecule has 0 saturated carbocycles. The van der Waals surface area contributed by atoms with Crippen molar-refractivity contribution in [2.75, 3.05) is 0 Å². The molecule has 32 heavy (non-hydrogen) atoms. The lowest BCUT2D eigenvalue weighted by molar-refractivity contribution is -0.697. The number of rotatable bonds is 7. The summed E-state index contributed by atoms with van der Waals surface area (Å²) in [5, 5.41) is 18.2. The van der Waals surface area contributed by atoms with Crippen LogP contribution in [0.1, 0.15) is 25.3 Å². The Morgan fingerprint density at radius 3 is 2.69 bits per heavy atom. The van der Waals surface area contributed by atoms with Gasteiger partial charge in [-0.15, -0.1) is 14.3 Å². The fraction of sp³-hybridized carbons (Fsp3) is 0.250. The number of azo groups is 1. The highest BCUT2D eigenvalue weighted by Crippen LogP contribution is 2.22. The second-order valence-corrected chi connectivity index (χ2v) is 9.03. The maximum Gasteiger partial charge on any atom is 0.306 e. The van der Waals surface area contributed by atoms with Gasteiger partial charge in [-0.3, -0.25) is 4.79 Å². The number of fused-ring (bicyclic) bond motifs is 1. The van der Waals surface area contributed by atoms with E-state index in [-0.39, 0.29) is 5.97 Å². The molecule has 1 aliphatic heterocycles. The highest BCUT2D eigenvalue weighted by molar-refractivity contribution is 7.19. The number of esters is 1. The van der Waals surface area contributed by atoms with Crippen LogP contribution in [0.4, 0.5) is 0 Å². The molecular formula is C24H25N5O2P+. The number of ether oxygens (including phenoxy) is 1. The fourth-order valence-electron chi connectivity index (χ4n) is 3.29. The summed E-state index contributed by atoms with van der Waals surface area (Å²) in [4.78, 5) is 12.0. The lowest BCUT2D eigenvalue weighted by atomic mass is 10.1. The van der Waals surface area contributed by atoms with Crippen LogP contribution in [0.3, 0.4) is 0 Å². The predicted molar refractivity (Wildman–Crippen MR) is 124 cm³/mol. The molecule has 162 valence electrons. The number of hydrogen-bond donors (Lipinski definition) is 0. The van der Waals surface area contributed by atoms with Gasteiger partial charge >= 0.3 is 5.97 Å². The van der Waals surface area contributed by atoms with Crippen molar-refractivity contribution < 1.29 is 14.1 Å². The Hall–Kier alpha value is -3.31. The van der Waals surface area contributed by atoms with Crippen LogP contribution in [0.2, 0.25) is 0 Å². The van der Waals surface area contributed by atoms with E-state index >= 15 is 0 Å². The van der Waals surface area contributed by atoms with E-state index in [1.54, 1.807) is 6.20 Å². The molecule has 3 aromatic rings. The van der Waals surface area contributed by atoms with Gasteiger partial charge in [0, 0.05) is 29.3 Å². The molecule has 0 spiro atoms. The number of nitrogens with zero attached hydrogens (tertiary/aromatic N) is 5. The first-order valence-corrected chi connectivity index (χ1v) is 11.0. The number of benzene rings is 1. The Bertz CT molecular complexity index is 1240. The maximum absolute atomic E-state index is 12.0. The molecule has 0 fully saturated rings. The van der Waals surface area contributed by atoms with Gasteiger partial charge in [0.15, 0.2) is 12.4 Å². The summed E-state index contributed by atoms with van der Waals surface area (Å²) in [6, 6.07) is 15.6. The van der Waals surface area contributed by atoms with Gasteiger partial charge in [0.25, 0.3) is 0 Å². The molecule has 1 aromatic carbocycles. The summed E-state index contributed by atoms with van der Waals surface area (Å²) in [6.07, 6.45) is 8.69. The van der Waals surface area contributed by atoms with E-state index in [2.05, 4.69) is 29.7 Å². The van der Waals surface area contributed by atoms with Crippen LogP contribution >= 0.6 is 9.24 Å².